The second-order valence-corrected chi connectivity index (χ2v) is 8.45. The van der Waals surface area contributed by atoms with Crippen LogP contribution in [0.15, 0.2) is 54.6 Å². The Morgan fingerprint density at radius 1 is 1.06 bits per heavy atom. The topological polar surface area (TPSA) is 97.4 Å². The fourth-order valence-electron chi connectivity index (χ4n) is 3.08. The minimum Gasteiger partial charge on any atom is -0.462 e. The summed E-state index contributed by atoms with van der Waals surface area (Å²) in [6, 6.07) is 13.7. The Labute approximate surface area is 195 Å². The van der Waals surface area contributed by atoms with E-state index in [9.17, 15) is 18.8 Å². The number of nitrogens with one attached hydrogen (secondary N) is 2. The average Bonchev–Trinajstić information content (AvgIpc) is 3.22. The lowest BCUT2D eigenvalue weighted by molar-refractivity contribution is -0.118. The molecule has 2 amide bonds. The van der Waals surface area contributed by atoms with Crippen LogP contribution in [0.2, 0.25) is 0 Å². The van der Waals surface area contributed by atoms with Gasteiger partial charge < -0.3 is 15.4 Å². The smallest absolute Gasteiger partial charge is 0.350 e. The molecule has 2 N–H and O–H groups in total. The molecule has 9 heteroatoms. The monoisotopic (exact) mass is 469 g/mol. The van der Waals surface area contributed by atoms with Crippen molar-refractivity contribution >= 4 is 34.3 Å². The van der Waals surface area contributed by atoms with Crippen molar-refractivity contribution in [2.45, 2.75) is 26.8 Å². The number of nitrogens with zero attached hydrogens (tertiary/aromatic N) is 1. The molecule has 1 aromatic heterocycles. The molecule has 0 spiro atoms. The van der Waals surface area contributed by atoms with Gasteiger partial charge in [-0.15, -0.1) is 0 Å². The number of halogens is 1. The minimum atomic E-state index is -0.952. The van der Waals surface area contributed by atoms with E-state index in [0.717, 1.165) is 11.3 Å². The van der Waals surface area contributed by atoms with Crippen molar-refractivity contribution in [1.82, 2.24) is 10.3 Å². The van der Waals surface area contributed by atoms with E-state index in [0.29, 0.717) is 11.3 Å². The first-order valence-electron chi connectivity index (χ1n) is 10.4. The van der Waals surface area contributed by atoms with Gasteiger partial charge in [0.25, 0.3) is 5.91 Å². The molecular weight excluding hydrogens is 445 g/mol. The van der Waals surface area contributed by atoms with Gasteiger partial charge in [-0.3, -0.25) is 9.59 Å². The lowest BCUT2D eigenvalue weighted by Gasteiger charge is -2.21. The van der Waals surface area contributed by atoms with Gasteiger partial charge in [-0.05, 0) is 25.0 Å². The summed E-state index contributed by atoms with van der Waals surface area (Å²) < 4.78 is 19.1. The number of hydrogen-bond donors (Lipinski definition) is 2. The number of esters is 1. The zero-order valence-corrected chi connectivity index (χ0v) is 19.2. The number of thiazole rings is 1. The highest BCUT2D eigenvalue weighted by Gasteiger charge is 2.28. The molecule has 0 fully saturated rings. The highest BCUT2D eigenvalue weighted by molar-refractivity contribution is 7.18. The Balaban J connectivity index is 1.84. The first-order chi connectivity index (χ1) is 15.8. The summed E-state index contributed by atoms with van der Waals surface area (Å²) in [7, 11) is 0. The van der Waals surface area contributed by atoms with E-state index in [1.165, 1.54) is 18.2 Å². The second-order valence-electron chi connectivity index (χ2n) is 7.45. The molecule has 0 aliphatic heterocycles. The molecule has 7 nitrogen and oxygen atoms in total. The van der Waals surface area contributed by atoms with Gasteiger partial charge in [0.05, 0.1) is 17.9 Å². The summed E-state index contributed by atoms with van der Waals surface area (Å²) in [5.41, 5.74) is 0.942. The van der Waals surface area contributed by atoms with Crippen LogP contribution >= 0.6 is 11.3 Å². The van der Waals surface area contributed by atoms with Gasteiger partial charge in [0.2, 0.25) is 5.91 Å². The molecule has 0 radical (unpaired) electrons. The average molecular weight is 470 g/mol. The zero-order valence-electron chi connectivity index (χ0n) is 18.4. The highest BCUT2D eigenvalue weighted by atomic mass is 32.1. The Hall–Kier alpha value is -3.59. The number of hydrogen-bond acceptors (Lipinski definition) is 6. The number of benzene rings is 2. The molecule has 0 bridgehead atoms. The van der Waals surface area contributed by atoms with E-state index in [1.54, 1.807) is 39.0 Å². The lowest BCUT2D eigenvalue weighted by Crippen LogP contribution is -2.47. The lowest BCUT2D eigenvalue weighted by atomic mass is 10.0. The van der Waals surface area contributed by atoms with Gasteiger partial charge in [0, 0.05) is 5.56 Å². The van der Waals surface area contributed by atoms with Crippen LogP contribution in [0.3, 0.4) is 0 Å². The Bertz CT molecular complexity index is 1150. The molecule has 0 unspecified atom stereocenters. The van der Waals surface area contributed by atoms with Gasteiger partial charge in [-0.2, -0.15) is 0 Å². The molecule has 1 heterocycles. The van der Waals surface area contributed by atoms with Crippen LogP contribution in [0.25, 0.3) is 11.3 Å². The van der Waals surface area contributed by atoms with Gasteiger partial charge in [0.1, 0.15) is 16.7 Å². The van der Waals surface area contributed by atoms with E-state index in [-0.39, 0.29) is 28.1 Å². The van der Waals surface area contributed by atoms with Crippen molar-refractivity contribution in [2.75, 3.05) is 11.9 Å². The fourth-order valence-corrected chi connectivity index (χ4v) is 3.97. The third kappa shape index (κ3) is 5.81. The SMILES string of the molecule is CCOC(=O)c1sc(NC(=O)[C@@H](NC(=O)c2ccccc2F)C(C)C)nc1-c1ccccc1. The molecular formula is C24H24FN3O4S. The summed E-state index contributed by atoms with van der Waals surface area (Å²) in [6.45, 7) is 5.42. The van der Waals surface area contributed by atoms with Gasteiger partial charge in [-0.1, -0.05) is 67.6 Å². The van der Waals surface area contributed by atoms with Crippen LogP contribution in [-0.2, 0) is 9.53 Å². The number of amides is 2. The summed E-state index contributed by atoms with van der Waals surface area (Å²) in [6.07, 6.45) is 0. The Morgan fingerprint density at radius 3 is 2.36 bits per heavy atom. The van der Waals surface area contributed by atoms with E-state index in [1.807, 2.05) is 18.2 Å². The van der Waals surface area contributed by atoms with Crippen molar-refractivity contribution in [3.8, 4) is 11.3 Å². The standard InChI is InChI=1S/C24H24FN3O4S/c1-4-32-23(31)20-19(15-10-6-5-7-11-15)27-24(33-20)28-22(30)18(14(2)3)26-21(29)16-12-8-9-13-17(16)25/h5-14,18H,4H2,1-3H3,(H,26,29)(H,27,28,30)/t18-/m0/s1. The maximum absolute atomic E-state index is 14.0. The van der Waals surface area contributed by atoms with Crippen molar-refractivity contribution in [1.29, 1.82) is 0 Å². The van der Waals surface area contributed by atoms with Crippen molar-refractivity contribution in [3.63, 3.8) is 0 Å². The molecule has 0 saturated heterocycles. The molecule has 0 saturated carbocycles. The van der Waals surface area contributed by atoms with E-state index in [4.69, 9.17) is 4.74 Å². The Morgan fingerprint density at radius 2 is 1.73 bits per heavy atom. The quantitative estimate of drug-likeness (QED) is 0.473. The summed E-state index contributed by atoms with van der Waals surface area (Å²) in [5, 5.41) is 5.45. The maximum atomic E-state index is 14.0. The molecule has 0 aliphatic carbocycles. The third-order valence-corrected chi connectivity index (χ3v) is 5.67. The van der Waals surface area contributed by atoms with Crippen molar-refractivity contribution < 1.29 is 23.5 Å². The highest BCUT2D eigenvalue weighted by Crippen LogP contribution is 2.32. The molecule has 0 aliphatic rings. The van der Waals surface area contributed by atoms with Gasteiger partial charge >= 0.3 is 5.97 Å². The first-order valence-corrected chi connectivity index (χ1v) is 11.2. The van der Waals surface area contributed by atoms with Crippen molar-refractivity contribution in [3.05, 3.63) is 70.9 Å². The molecule has 2 aromatic carbocycles. The predicted octanol–water partition coefficient (Wildman–Crippen LogP) is 4.52. The predicted molar refractivity (Wildman–Crippen MR) is 125 cm³/mol. The normalized spacial score (nSPS) is 11.7. The van der Waals surface area contributed by atoms with Crippen LogP contribution in [0.1, 0.15) is 40.8 Å². The van der Waals surface area contributed by atoms with Crippen LogP contribution < -0.4 is 10.6 Å². The van der Waals surface area contributed by atoms with Crippen LogP contribution in [0.4, 0.5) is 9.52 Å². The third-order valence-electron chi connectivity index (χ3n) is 4.72. The van der Waals surface area contributed by atoms with Crippen LogP contribution in [-0.4, -0.2) is 35.4 Å². The summed E-state index contributed by atoms with van der Waals surface area (Å²) in [5.74, 6) is -2.73. The van der Waals surface area contributed by atoms with E-state index in [2.05, 4.69) is 15.6 Å². The maximum Gasteiger partial charge on any atom is 0.350 e. The van der Waals surface area contributed by atoms with Crippen molar-refractivity contribution in [2.24, 2.45) is 5.92 Å². The summed E-state index contributed by atoms with van der Waals surface area (Å²) in [4.78, 5) is 42.7. The molecule has 3 aromatic rings. The van der Waals surface area contributed by atoms with Gasteiger partial charge in [-0.25, -0.2) is 14.2 Å². The zero-order chi connectivity index (χ0) is 24.0. The largest absolute Gasteiger partial charge is 0.462 e. The number of carbonyl (C=O) groups is 3. The van der Waals surface area contributed by atoms with E-state index < -0.39 is 29.6 Å². The molecule has 3 rings (SSSR count). The number of anilines is 1. The summed E-state index contributed by atoms with van der Waals surface area (Å²) >= 11 is 0.987. The van der Waals surface area contributed by atoms with E-state index >= 15 is 0 Å². The van der Waals surface area contributed by atoms with Crippen LogP contribution in [0.5, 0.6) is 0 Å². The molecule has 33 heavy (non-hydrogen) atoms. The number of carbonyl (C=O) groups excluding carboxylic acids is 3. The van der Waals surface area contributed by atoms with Crippen LogP contribution in [0, 0.1) is 11.7 Å². The Kier molecular flexibility index (Phi) is 7.89. The number of ether oxygens (including phenoxy) is 1. The molecule has 172 valence electrons. The number of aromatic nitrogens is 1. The second kappa shape index (κ2) is 10.8. The minimum absolute atomic E-state index is 0.152. The van der Waals surface area contributed by atoms with Gasteiger partial charge in [0.15, 0.2) is 5.13 Å². The first kappa shape index (κ1) is 24.1. The molecule has 1 atom stereocenters. The fraction of sp³-hybridized carbons (Fsp3) is 0.250. The number of rotatable bonds is 8.